The number of benzene rings is 1. The lowest BCUT2D eigenvalue weighted by Crippen LogP contribution is -2.39. The molecule has 1 aliphatic rings. The quantitative estimate of drug-likeness (QED) is 0.816. The number of carbonyl (C=O) groups is 2. The van der Waals surface area contributed by atoms with E-state index in [2.05, 4.69) is 0 Å². The molecule has 0 bridgehead atoms. The lowest BCUT2D eigenvalue weighted by atomic mass is 10.1. The molecule has 0 aliphatic carbocycles. The van der Waals surface area contributed by atoms with Gasteiger partial charge < -0.3 is 19.5 Å². The van der Waals surface area contributed by atoms with Crippen molar-refractivity contribution in [1.29, 1.82) is 0 Å². The highest BCUT2D eigenvalue weighted by atomic mass is 16.5. The van der Waals surface area contributed by atoms with Gasteiger partial charge in [-0.05, 0) is 37.1 Å². The predicted molar refractivity (Wildman–Crippen MR) is 82.4 cm³/mol. The predicted octanol–water partition coefficient (Wildman–Crippen LogP) is 2.32. The van der Waals surface area contributed by atoms with Gasteiger partial charge in [0.1, 0.15) is 0 Å². The van der Waals surface area contributed by atoms with E-state index in [0.717, 1.165) is 12.5 Å². The Bertz CT molecular complexity index is 609. The molecular weight excluding hydrogens is 286 g/mol. The summed E-state index contributed by atoms with van der Waals surface area (Å²) in [5.41, 5.74) is 1.26. The molecule has 0 fully saturated rings. The minimum Gasteiger partial charge on any atom is -0.490 e. The number of amides is 1. The minimum absolute atomic E-state index is 0.0165. The Hall–Kier alpha value is -2.50. The molecule has 1 aromatic rings. The molecule has 0 saturated heterocycles. The van der Waals surface area contributed by atoms with Gasteiger partial charge in [0.25, 0.3) is 5.91 Å². The van der Waals surface area contributed by atoms with E-state index in [-0.39, 0.29) is 12.5 Å². The van der Waals surface area contributed by atoms with E-state index in [1.54, 1.807) is 17.0 Å². The summed E-state index contributed by atoms with van der Waals surface area (Å²) in [5, 5.41) is 8.76. The summed E-state index contributed by atoms with van der Waals surface area (Å²) in [6.07, 6.45) is 3.33. The molecule has 0 unspecified atom stereocenters. The van der Waals surface area contributed by atoms with Gasteiger partial charge in [0.15, 0.2) is 18.1 Å². The van der Waals surface area contributed by atoms with E-state index in [1.807, 2.05) is 13.8 Å². The molecule has 22 heavy (non-hydrogen) atoms. The first-order valence-electron chi connectivity index (χ1n) is 7.21. The molecule has 6 nitrogen and oxygen atoms in total. The Balaban J connectivity index is 2.51. The largest absolute Gasteiger partial charge is 0.490 e. The number of carbonyl (C=O) groups excluding carboxylic acids is 1. The standard InChI is InChI=1S/C16H19NO5/c1-3-7-17-12-8-11(5-6-15(19)20)9-13(21-4-2)16(12)22-10-14(17)18/h5-6,8-9H,3-4,7,10H2,1-2H3,(H,19,20)/b6-5+. The molecule has 2 rings (SSSR count). The Morgan fingerprint density at radius 2 is 2.23 bits per heavy atom. The van der Waals surface area contributed by atoms with Gasteiger partial charge >= 0.3 is 5.97 Å². The Morgan fingerprint density at radius 1 is 1.45 bits per heavy atom. The summed E-state index contributed by atoms with van der Waals surface area (Å²) in [5.74, 6) is -0.106. The maximum atomic E-state index is 12.0. The van der Waals surface area contributed by atoms with Gasteiger partial charge in [0.2, 0.25) is 0 Å². The Labute approximate surface area is 128 Å². The highest BCUT2D eigenvalue weighted by Crippen LogP contribution is 2.42. The first kappa shape index (κ1) is 15.9. The summed E-state index contributed by atoms with van der Waals surface area (Å²) in [6, 6.07) is 3.45. The Kier molecular flexibility index (Phi) is 5.04. The van der Waals surface area contributed by atoms with E-state index in [4.69, 9.17) is 14.6 Å². The van der Waals surface area contributed by atoms with Crippen molar-refractivity contribution in [2.75, 3.05) is 24.7 Å². The number of aliphatic carboxylic acids is 1. The zero-order valence-corrected chi connectivity index (χ0v) is 12.7. The molecule has 6 heteroatoms. The summed E-state index contributed by atoms with van der Waals surface area (Å²) < 4.78 is 11.1. The molecule has 1 amide bonds. The summed E-state index contributed by atoms with van der Waals surface area (Å²) in [7, 11) is 0. The third-order valence-electron chi connectivity index (χ3n) is 3.15. The van der Waals surface area contributed by atoms with Gasteiger partial charge in [-0.15, -0.1) is 0 Å². The van der Waals surface area contributed by atoms with Gasteiger partial charge in [-0.25, -0.2) is 4.79 Å². The van der Waals surface area contributed by atoms with Crippen LogP contribution >= 0.6 is 0 Å². The van der Waals surface area contributed by atoms with Crippen LogP contribution in [0, 0.1) is 0 Å². The maximum Gasteiger partial charge on any atom is 0.328 e. The van der Waals surface area contributed by atoms with Crippen LogP contribution in [0.5, 0.6) is 11.5 Å². The molecular formula is C16H19NO5. The highest BCUT2D eigenvalue weighted by Gasteiger charge is 2.28. The average molecular weight is 305 g/mol. The molecule has 1 aliphatic heterocycles. The van der Waals surface area contributed by atoms with Crippen LogP contribution in [0.3, 0.4) is 0 Å². The molecule has 0 spiro atoms. The SMILES string of the molecule is CCCN1C(=O)COc2c(OCC)cc(/C=C/C(=O)O)cc21. The van der Waals surface area contributed by atoms with Gasteiger partial charge in [-0.1, -0.05) is 6.92 Å². The van der Waals surface area contributed by atoms with E-state index in [0.29, 0.717) is 35.9 Å². The zero-order chi connectivity index (χ0) is 16.1. The third-order valence-corrected chi connectivity index (χ3v) is 3.15. The summed E-state index contributed by atoms with van der Waals surface area (Å²) >= 11 is 0. The van der Waals surface area contributed by atoms with Gasteiger partial charge in [0, 0.05) is 12.6 Å². The molecule has 0 aromatic heterocycles. The van der Waals surface area contributed by atoms with E-state index < -0.39 is 5.97 Å². The number of rotatable bonds is 6. The van der Waals surface area contributed by atoms with Gasteiger partial charge in [-0.3, -0.25) is 4.79 Å². The number of fused-ring (bicyclic) bond motifs is 1. The molecule has 1 heterocycles. The fourth-order valence-electron chi connectivity index (χ4n) is 2.30. The number of hydrogen-bond acceptors (Lipinski definition) is 4. The molecule has 0 saturated carbocycles. The van der Waals surface area contributed by atoms with Crippen LogP contribution in [0.4, 0.5) is 5.69 Å². The minimum atomic E-state index is -1.03. The number of carboxylic acids is 1. The van der Waals surface area contributed by atoms with Crippen LogP contribution in [-0.4, -0.2) is 36.7 Å². The first-order chi connectivity index (χ1) is 10.6. The van der Waals surface area contributed by atoms with Crippen LogP contribution < -0.4 is 14.4 Å². The molecule has 1 aromatic carbocycles. The lowest BCUT2D eigenvalue weighted by Gasteiger charge is -2.30. The number of nitrogens with zero attached hydrogens (tertiary/aromatic N) is 1. The Morgan fingerprint density at radius 3 is 2.86 bits per heavy atom. The van der Waals surface area contributed by atoms with Gasteiger partial charge in [-0.2, -0.15) is 0 Å². The summed E-state index contributed by atoms with van der Waals surface area (Å²) in [6.45, 7) is 4.85. The summed E-state index contributed by atoms with van der Waals surface area (Å²) in [4.78, 5) is 24.4. The average Bonchev–Trinajstić information content (AvgIpc) is 2.48. The fraction of sp³-hybridized carbons (Fsp3) is 0.375. The van der Waals surface area contributed by atoms with Gasteiger partial charge in [0.05, 0.1) is 12.3 Å². The van der Waals surface area contributed by atoms with Crippen molar-refractivity contribution in [3.05, 3.63) is 23.8 Å². The monoisotopic (exact) mass is 305 g/mol. The number of anilines is 1. The van der Waals surface area contributed by atoms with E-state index in [1.165, 1.54) is 6.08 Å². The topological polar surface area (TPSA) is 76.1 Å². The second kappa shape index (κ2) is 6.98. The normalized spacial score (nSPS) is 13.9. The first-order valence-corrected chi connectivity index (χ1v) is 7.21. The second-order valence-electron chi connectivity index (χ2n) is 4.81. The van der Waals surface area contributed by atoms with E-state index >= 15 is 0 Å². The molecule has 0 atom stereocenters. The van der Waals surface area contributed by atoms with Crippen LogP contribution in [0.25, 0.3) is 6.08 Å². The van der Waals surface area contributed by atoms with Crippen LogP contribution in [0.2, 0.25) is 0 Å². The molecule has 0 radical (unpaired) electrons. The maximum absolute atomic E-state index is 12.0. The number of carboxylic acid groups (broad SMARTS) is 1. The van der Waals surface area contributed by atoms with Crippen molar-refractivity contribution >= 4 is 23.6 Å². The molecule has 118 valence electrons. The third kappa shape index (κ3) is 3.39. The highest BCUT2D eigenvalue weighted by molar-refractivity contribution is 5.99. The van der Waals surface area contributed by atoms with Crippen molar-refractivity contribution in [3.8, 4) is 11.5 Å². The van der Waals surface area contributed by atoms with E-state index in [9.17, 15) is 9.59 Å². The van der Waals surface area contributed by atoms with Crippen LogP contribution in [-0.2, 0) is 9.59 Å². The van der Waals surface area contributed by atoms with Crippen molar-refractivity contribution in [1.82, 2.24) is 0 Å². The molecule has 1 N–H and O–H groups in total. The second-order valence-corrected chi connectivity index (χ2v) is 4.81. The number of ether oxygens (including phenoxy) is 2. The number of hydrogen-bond donors (Lipinski definition) is 1. The van der Waals surface area contributed by atoms with Crippen molar-refractivity contribution in [2.24, 2.45) is 0 Å². The van der Waals surface area contributed by atoms with Crippen molar-refractivity contribution in [2.45, 2.75) is 20.3 Å². The van der Waals surface area contributed by atoms with Crippen LogP contribution in [0.15, 0.2) is 18.2 Å². The lowest BCUT2D eigenvalue weighted by molar-refractivity contribution is -0.131. The zero-order valence-electron chi connectivity index (χ0n) is 12.7. The van der Waals surface area contributed by atoms with Crippen LogP contribution in [0.1, 0.15) is 25.8 Å². The smallest absolute Gasteiger partial charge is 0.328 e. The van der Waals surface area contributed by atoms with Crippen molar-refractivity contribution < 1.29 is 24.2 Å². The van der Waals surface area contributed by atoms with Crippen molar-refractivity contribution in [3.63, 3.8) is 0 Å². The fourth-order valence-corrected chi connectivity index (χ4v) is 2.30.